The summed E-state index contributed by atoms with van der Waals surface area (Å²) in [5.41, 5.74) is -0.420. The van der Waals surface area contributed by atoms with Crippen LogP contribution in [0.5, 0.6) is 0 Å². The summed E-state index contributed by atoms with van der Waals surface area (Å²) in [5.74, 6) is -0.313. The standard InChI is InChI=1S/C9H14N2O3/c12-7(10-8(13)14)9-2-1-4-11(6-9)5-3-9/h1-6H2,(H,10,12)(H,13,14). The average Bonchev–Trinajstić information content (AvgIpc) is 2.42. The van der Waals surface area contributed by atoms with Crippen LogP contribution < -0.4 is 5.32 Å². The molecule has 0 saturated carbocycles. The van der Waals surface area contributed by atoms with Crippen LogP contribution in [0.2, 0.25) is 0 Å². The molecule has 0 spiro atoms. The van der Waals surface area contributed by atoms with Crippen LogP contribution in [0.4, 0.5) is 4.79 Å². The predicted molar refractivity (Wildman–Crippen MR) is 48.9 cm³/mol. The highest BCUT2D eigenvalue weighted by Gasteiger charge is 2.46. The van der Waals surface area contributed by atoms with Crippen LogP contribution in [0, 0.1) is 5.41 Å². The molecule has 2 heterocycles. The van der Waals surface area contributed by atoms with Crippen LogP contribution in [-0.4, -0.2) is 41.6 Å². The van der Waals surface area contributed by atoms with Gasteiger partial charge in [-0.3, -0.25) is 10.1 Å². The summed E-state index contributed by atoms with van der Waals surface area (Å²) in [6.07, 6.45) is 1.37. The molecule has 2 aliphatic heterocycles. The number of fused-ring (bicyclic) bond motifs is 2. The van der Waals surface area contributed by atoms with Gasteiger partial charge in [0.15, 0.2) is 0 Å². The van der Waals surface area contributed by atoms with Gasteiger partial charge < -0.3 is 10.0 Å². The summed E-state index contributed by atoms with van der Waals surface area (Å²) < 4.78 is 0. The van der Waals surface area contributed by atoms with E-state index in [1.54, 1.807) is 0 Å². The van der Waals surface area contributed by atoms with E-state index < -0.39 is 11.5 Å². The highest BCUT2D eigenvalue weighted by Crippen LogP contribution is 2.39. The van der Waals surface area contributed by atoms with Crippen molar-refractivity contribution in [3.8, 4) is 0 Å². The Morgan fingerprint density at radius 1 is 1.29 bits per heavy atom. The molecule has 0 aromatic heterocycles. The number of imide groups is 1. The van der Waals surface area contributed by atoms with Gasteiger partial charge in [-0.05, 0) is 32.4 Å². The van der Waals surface area contributed by atoms with Gasteiger partial charge in [0.25, 0.3) is 0 Å². The van der Waals surface area contributed by atoms with Crippen molar-refractivity contribution in [1.29, 1.82) is 0 Å². The van der Waals surface area contributed by atoms with Gasteiger partial charge in [-0.15, -0.1) is 0 Å². The highest BCUT2D eigenvalue weighted by molar-refractivity contribution is 5.95. The predicted octanol–water partition coefficient (Wildman–Crippen LogP) is 0.266. The molecule has 0 aromatic rings. The van der Waals surface area contributed by atoms with E-state index in [4.69, 9.17) is 5.11 Å². The Hall–Kier alpha value is -1.10. The molecule has 2 bridgehead atoms. The molecule has 2 amide bonds. The lowest BCUT2D eigenvalue weighted by molar-refractivity contribution is -0.130. The number of piperidine rings is 1. The molecule has 14 heavy (non-hydrogen) atoms. The SMILES string of the molecule is O=C(O)NC(=O)C12CCCN(CC1)C2. The zero-order valence-electron chi connectivity index (χ0n) is 7.95. The van der Waals surface area contributed by atoms with Gasteiger partial charge in [0.05, 0.1) is 5.41 Å². The fourth-order valence-corrected chi connectivity index (χ4v) is 2.52. The largest absolute Gasteiger partial charge is 0.465 e. The van der Waals surface area contributed by atoms with E-state index in [9.17, 15) is 9.59 Å². The Kier molecular flexibility index (Phi) is 2.19. The Balaban J connectivity index is 2.08. The minimum Gasteiger partial charge on any atom is -0.465 e. The maximum atomic E-state index is 11.7. The zero-order valence-corrected chi connectivity index (χ0v) is 7.95. The van der Waals surface area contributed by atoms with Crippen molar-refractivity contribution in [3.05, 3.63) is 0 Å². The summed E-state index contributed by atoms with van der Waals surface area (Å²) in [5, 5.41) is 10.5. The molecular formula is C9H14N2O3. The third kappa shape index (κ3) is 1.48. The number of carbonyl (C=O) groups excluding carboxylic acids is 1. The second kappa shape index (κ2) is 3.24. The van der Waals surface area contributed by atoms with Crippen molar-refractivity contribution < 1.29 is 14.7 Å². The van der Waals surface area contributed by atoms with Crippen molar-refractivity contribution in [1.82, 2.24) is 10.2 Å². The number of nitrogens with zero attached hydrogens (tertiary/aromatic N) is 1. The lowest BCUT2D eigenvalue weighted by Gasteiger charge is -2.31. The smallest absolute Gasteiger partial charge is 0.411 e. The Morgan fingerprint density at radius 2 is 2.07 bits per heavy atom. The summed E-state index contributed by atoms with van der Waals surface area (Å²) in [7, 11) is 0. The molecule has 5 heteroatoms. The van der Waals surface area contributed by atoms with Crippen molar-refractivity contribution in [2.45, 2.75) is 19.3 Å². The second-order valence-electron chi connectivity index (χ2n) is 4.17. The first kappa shape index (κ1) is 9.45. The number of hydrogen-bond donors (Lipinski definition) is 2. The summed E-state index contributed by atoms with van der Waals surface area (Å²) in [6.45, 7) is 2.70. The number of carbonyl (C=O) groups is 2. The molecule has 2 rings (SSSR count). The van der Waals surface area contributed by atoms with Gasteiger partial charge >= 0.3 is 6.09 Å². The normalized spacial score (nSPS) is 35.3. The Morgan fingerprint density at radius 3 is 2.79 bits per heavy atom. The lowest BCUT2D eigenvalue weighted by atomic mass is 9.80. The first-order valence-corrected chi connectivity index (χ1v) is 4.89. The molecule has 2 atom stereocenters. The van der Waals surface area contributed by atoms with Crippen LogP contribution in [0.3, 0.4) is 0 Å². The fraction of sp³-hybridized carbons (Fsp3) is 0.778. The first-order chi connectivity index (χ1) is 6.62. The van der Waals surface area contributed by atoms with Gasteiger partial charge in [-0.1, -0.05) is 0 Å². The third-order valence-corrected chi connectivity index (χ3v) is 3.26. The number of rotatable bonds is 1. The van der Waals surface area contributed by atoms with Gasteiger partial charge in [-0.2, -0.15) is 0 Å². The van der Waals surface area contributed by atoms with Crippen molar-refractivity contribution in [3.63, 3.8) is 0 Å². The average molecular weight is 198 g/mol. The monoisotopic (exact) mass is 198 g/mol. The van der Waals surface area contributed by atoms with E-state index in [0.29, 0.717) is 0 Å². The molecule has 2 fully saturated rings. The zero-order chi connectivity index (χ0) is 10.2. The quantitative estimate of drug-likeness (QED) is 0.634. The van der Waals surface area contributed by atoms with Crippen molar-refractivity contribution >= 4 is 12.0 Å². The molecule has 78 valence electrons. The Bertz CT molecular complexity index is 275. The van der Waals surface area contributed by atoms with Gasteiger partial charge in [0, 0.05) is 6.54 Å². The molecule has 2 N–H and O–H groups in total. The van der Waals surface area contributed by atoms with Gasteiger partial charge in [0.1, 0.15) is 0 Å². The first-order valence-electron chi connectivity index (χ1n) is 4.89. The van der Waals surface area contributed by atoms with E-state index in [0.717, 1.165) is 38.9 Å². The van der Waals surface area contributed by atoms with E-state index in [-0.39, 0.29) is 5.91 Å². The highest BCUT2D eigenvalue weighted by atomic mass is 16.4. The van der Waals surface area contributed by atoms with Gasteiger partial charge in [-0.25, -0.2) is 4.79 Å². The van der Waals surface area contributed by atoms with Crippen LogP contribution in [0.15, 0.2) is 0 Å². The minimum atomic E-state index is -1.24. The van der Waals surface area contributed by atoms with Crippen molar-refractivity contribution in [2.75, 3.05) is 19.6 Å². The lowest BCUT2D eigenvalue weighted by Crippen LogP contribution is -2.47. The maximum absolute atomic E-state index is 11.7. The topological polar surface area (TPSA) is 69.6 Å². The third-order valence-electron chi connectivity index (χ3n) is 3.26. The van der Waals surface area contributed by atoms with Gasteiger partial charge in [0.2, 0.25) is 5.91 Å². The summed E-state index contributed by atoms with van der Waals surface area (Å²) >= 11 is 0. The molecule has 0 aromatic carbocycles. The minimum absolute atomic E-state index is 0.313. The fourth-order valence-electron chi connectivity index (χ4n) is 2.52. The Labute approximate surface area is 82.1 Å². The molecule has 0 radical (unpaired) electrons. The number of nitrogens with one attached hydrogen (secondary N) is 1. The van der Waals surface area contributed by atoms with Crippen molar-refractivity contribution in [2.24, 2.45) is 5.41 Å². The van der Waals surface area contributed by atoms with Crippen LogP contribution >= 0.6 is 0 Å². The van der Waals surface area contributed by atoms with E-state index in [1.807, 2.05) is 5.32 Å². The molecular weight excluding hydrogens is 184 g/mol. The molecule has 2 unspecified atom stereocenters. The van der Waals surface area contributed by atoms with E-state index in [1.165, 1.54) is 0 Å². The van der Waals surface area contributed by atoms with Crippen LogP contribution in [-0.2, 0) is 4.79 Å². The van der Waals surface area contributed by atoms with Crippen LogP contribution in [0.1, 0.15) is 19.3 Å². The molecule has 2 saturated heterocycles. The molecule has 5 nitrogen and oxygen atoms in total. The second-order valence-corrected chi connectivity index (χ2v) is 4.17. The van der Waals surface area contributed by atoms with E-state index in [2.05, 4.69) is 4.90 Å². The maximum Gasteiger partial charge on any atom is 0.411 e. The molecule has 0 aliphatic carbocycles. The number of amides is 2. The van der Waals surface area contributed by atoms with E-state index >= 15 is 0 Å². The number of carboxylic acid groups (broad SMARTS) is 1. The van der Waals surface area contributed by atoms with Crippen LogP contribution in [0.25, 0.3) is 0 Å². The summed E-state index contributed by atoms with van der Waals surface area (Å²) in [6, 6.07) is 0. The summed E-state index contributed by atoms with van der Waals surface area (Å²) in [4.78, 5) is 24.3. The number of hydrogen-bond acceptors (Lipinski definition) is 3. The molecule has 2 aliphatic rings.